The van der Waals surface area contributed by atoms with Gasteiger partial charge < -0.3 is 15.8 Å². The summed E-state index contributed by atoms with van der Waals surface area (Å²) in [5, 5.41) is 4.49. The van der Waals surface area contributed by atoms with E-state index in [2.05, 4.69) is 15.3 Å². The lowest BCUT2D eigenvalue weighted by Crippen LogP contribution is -2.13. The van der Waals surface area contributed by atoms with Crippen molar-refractivity contribution < 1.29 is 18.3 Å². The molecule has 9 heteroatoms. The molecule has 0 aliphatic carbocycles. The Labute approximate surface area is 159 Å². The van der Waals surface area contributed by atoms with E-state index in [4.69, 9.17) is 10.5 Å². The van der Waals surface area contributed by atoms with Gasteiger partial charge in [0.25, 0.3) is 5.91 Å². The van der Waals surface area contributed by atoms with Crippen LogP contribution in [0.25, 0.3) is 0 Å². The van der Waals surface area contributed by atoms with Crippen molar-refractivity contribution in [2.75, 3.05) is 18.6 Å². The van der Waals surface area contributed by atoms with Crippen molar-refractivity contribution >= 4 is 34.2 Å². The number of alkyl halides is 1. The maximum Gasteiger partial charge on any atom is 0.274 e. The molecule has 0 spiro atoms. The average molecular weight is 392 g/mol. The van der Waals surface area contributed by atoms with Gasteiger partial charge in [0.2, 0.25) is 0 Å². The van der Waals surface area contributed by atoms with Crippen LogP contribution in [0.4, 0.5) is 20.2 Å². The van der Waals surface area contributed by atoms with Crippen molar-refractivity contribution in [3.05, 3.63) is 59.5 Å². The van der Waals surface area contributed by atoms with E-state index in [1.54, 1.807) is 11.5 Å². The van der Waals surface area contributed by atoms with Gasteiger partial charge in [0.1, 0.15) is 36.2 Å². The third-order valence-electron chi connectivity index (χ3n) is 3.07. The van der Waals surface area contributed by atoms with E-state index in [1.807, 2.05) is 6.92 Å². The molecule has 0 saturated heterocycles. The number of allylic oxidation sites excluding steroid dienone is 1. The number of halogens is 2. The molecular formula is C18H18F2N4O2S. The van der Waals surface area contributed by atoms with Gasteiger partial charge in [-0.25, -0.2) is 18.8 Å². The van der Waals surface area contributed by atoms with E-state index in [0.717, 1.165) is 11.8 Å². The number of carbonyl (C=O) groups is 1. The van der Waals surface area contributed by atoms with Gasteiger partial charge >= 0.3 is 0 Å². The summed E-state index contributed by atoms with van der Waals surface area (Å²) in [5.41, 5.74) is 6.18. The van der Waals surface area contributed by atoms with Gasteiger partial charge in [0.05, 0.1) is 6.20 Å². The van der Waals surface area contributed by atoms with E-state index in [9.17, 15) is 13.6 Å². The largest absolute Gasteiger partial charge is 0.489 e. The summed E-state index contributed by atoms with van der Waals surface area (Å²) < 4.78 is 31.0. The van der Waals surface area contributed by atoms with Gasteiger partial charge in [0.15, 0.2) is 5.17 Å². The van der Waals surface area contributed by atoms with E-state index in [-0.39, 0.29) is 23.2 Å². The van der Waals surface area contributed by atoms with Gasteiger partial charge in [-0.2, -0.15) is 0 Å². The molecule has 6 nitrogen and oxygen atoms in total. The highest BCUT2D eigenvalue weighted by Crippen LogP contribution is 2.24. The first kappa shape index (κ1) is 20.4. The number of aliphatic imine (C=N–C) groups is 1. The second-order valence-electron chi connectivity index (χ2n) is 5.07. The molecule has 0 atom stereocenters. The van der Waals surface area contributed by atoms with Crippen LogP contribution in [0.5, 0.6) is 5.75 Å². The normalized spacial score (nSPS) is 11.6. The molecule has 0 aliphatic rings. The van der Waals surface area contributed by atoms with Gasteiger partial charge in [-0.1, -0.05) is 17.8 Å². The summed E-state index contributed by atoms with van der Waals surface area (Å²) in [6, 6.07) is 6.91. The maximum absolute atomic E-state index is 13.9. The van der Waals surface area contributed by atoms with E-state index < -0.39 is 18.4 Å². The van der Waals surface area contributed by atoms with Crippen LogP contribution in [-0.2, 0) is 0 Å². The number of nitrogens with zero attached hydrogens (tertiary/aromatic N) is 2. The number of aromatic nitrogens is 1. The number of hydrogen-bond acceptors (Lipinski definition) is 5. The van der Waals surface area contributed by atoms with Crippen LogP contribution >= 0.6 is 11.8 Å². The average Bonchev–Trinajstić information content (AvgIpc) is 2.67. The van der Waals surface area contributed by atoms with Gasteiger partial charge in [-0.3, -0.25) is 4.79 Å². The molecule has 1 aromatic heterocycles. The quantitative estimate of drug-likeness (QED) is 0.548. The molecule has 1 aromatic carbocycles. The van der Waals surface area contributed by atoms with Gasteiger partial charge in [-0.15, -0.1) is 0 Å². The second kappa shape index (κ2) is 10.3. The smallest absolute Gasteiger partial charge is 0.274 e. The predicted octanol–water partition coefficient (Wildman–Crippen LogP) is 4.03. The number of amides is 1. The molecule has 0 unspecified atom stereocenters. The Morgan fingerprint density at radius 3 is 2.89 bits per heavy atom. The third-order valence-corrected chi connectivity index (χ3v) is 3.82. The Balaban J connectivity index is 2.10. The Morgan fingerprint density at radius 2 is 2.22 bits per heavy atom. The lowest BCUT2D eigenvalue weighted by atomic mass is 10.2. The first-order valence-corrected chi connectivity index (χ1v) is 8.79. The molecule has 142 valence electrons. The zero-order valence-corrected chi connectivity index (χ0v) is 15.3. The van der Waals surface area contributed by atoms with Crippen molar-refractivity contribution in [3.63, 3.8) is 0 Å². The van der Waals surface area contributed by atoms with Gasteiger partial charge in [0, 0.05) is 5.69 Å². The molecule has 2 rings (SSSR count). The molecule has 0 fully saturated rings. The third kappa shape index (κ3) is 6.37. The monoisotopic (exact) mass is 392 g/mol. The van der Waals surface area contributed by atoms with E-state index in [1.165, 1.54) is 36.5 Å². The predicted molar refractivity (Wildman–Crippen MR) is 104 cm³/mol. The molecule has 2 aromatic rings. The number of benzene rings is 1. The van der Waals surface area contributed by atoms with Crippen molar-refractivity contribution in [3.8, 4) is 5.75 Å². The summed E-state index contributed by atoms with van der Waals surface area (Å²) in [6.07, 6.45) is 3.10. The highest BCUT2D eigenvalue weighted by Gasteiger charge is 2.10. The number of amidine groups is 1. The van der Waals surface area contributed by atoms with Crippen LogP contribution in [0.1, 0.15) is 17.4 Å². The second-order valence-corrected chi connectivity index (χ2v) is 6.00. The number of thioether (sulfide) groups is 1. The Bertz CT molecular complexity index is 842. The molecule has 0 aliphatic heterocycles. The van der Waals surface area contributed by atoms with Crippen LogP contribution in [0, 0.1) is 5.82 Å². The lowest BCUT2D eigenvalue weighted by Gasteiger charge is -2.07. The zero-order valence-electron chi connectivity index (χ0n) is 14.5. The van der Waals surface area contributed by atoms with E-state index >= 15 is 0 Å². The number of pyridine rings is 1. The van der Waals surface area contributed by atoms with Crippen molar-refractivity contribution in [2.45, 2.75) is 6.92 Å². The number of anilines is 1. The standard InChI is InChI=1S/C18H18F2N4O2S/c1-2-9-27-18(21)24-16-10-12(3-5-14(16)20)23-17(25)15-6-4-13(11-22-15)26-8-7-19/h2-6,9-11H,7-8H2,1H3,(H2,21,24)(H,23,25)/b9-2-. The minimum atomic E-state index is -0.616. The molecule has 0 bridgehead atoms. The number of rotatable bonds is 7. The minimum absolute atomic E-state index is 0.00484. The number of ether oxygens (including phenoxy) is 1. The molecule has 0 radical (unpaired) electrons. The molecule has 1 heterocycles. The fraction of sp³-hybridized carbons (Fsp3) is 0.167. The molecule has 0 saturated carbocycles. The van der Waals surface area contributed by atoms with E-state index in [0.29, 0.717) is 11.4 Å². The number of hydrogen-bond donors (Lipinski definition) is 2. The minimum Gasteiger partial charge on any atom is -0.489 e. The fourth-order valence-corrected chi connectivity index (χ4v) is 2.34. The number of carbonyl (C=O) groups excluding carboxylic acids is 1. The lowest BCUT2D eigenvalue weighted by molar-refractivity contribution is 0.102. The SMILES string of the molecule is C/C=C\S/C(N)=N\c1cc(NC(=O)c2ccc(OCCF)cn2)ccc1F. The fourth-order valence-electron chi connectivity index (χ4n) is 1.91. The number of nitrogens with one attached hydrogen (secondary N) is 1. The molecular weight excluding hydrogens is 374 g/mol. The first-order chi connectivity index (χ1) is 13.0. The van der Waals surface area contributed by atoms with Crippen LogP contribution in [0.2, 0.25) is 0 Å². The number of nitrogens with two attached hydrogens (primary N) is 1. The van der Waals surface area contributed by atoms with Crippen molar-refractivity contribution in [1.29, 1.82) is 0 Å². The summed E-state index contributed by atoms with van der Waals surface area (Å²) in [4.78, 5) is 20.2. The Morgan fingerprint density at radius 1 is 1.41 bits per heavy atom. The van der Waals surface area contributed by atoms with Crippen LogP contribution in [0.3, 0.4) is 0 Å². The Hall–Kier alpha value is -2.94. The summed E-state index contributed by atoms with van der Waals surface area (Å²) in [6.45, 7) is 1.13. The van der Waals surface area contributed by atoms with Crippen LogP contribution in [0.15, 0.2) is 53.0 Å². The topological polar surface area (TPSA) is 89.6 Å². The summed E-state index contributed by atoms with van der Waals surface area (Å²) >= 11 is 1.15. The Kier molecular flexibility index (Phi) is 7.75. The highest BCUT2D eigenvalue weighted by molar-refractivity contribution is 8.16. The summed E-state index contributed by atoms with van der Waals surface area (Å²) in [5.74, 6) is -0.703. The van der Waals surface area contributed by atoms with Crippen molar-refractivity contribution in [1.82, 2.24) is 4.98 Å². The summed E-state index contributed by atoms with van der Waals surface area (Å²) in [7, 11) is 0. The zero-order chi connectivity index (χ0) is 19.6. The van der Waals surface area contributed by atoms with Gasteiger partial charge in [-0.05, 0) is 42.7 Å². The maximum atomic E-state index is 13.9. The van der Waals surface area contributed by atoms with Crippen LogP contribution in [-0.4, -0.2) is 29.3 Å². The first-order valence-electron chi connectivity index (χ1n) is 7.91. The molecule has 27 heavy (non-hydrogen) atoms. The highest BCUT2D eigenvalue weighted by atomic mass is 32.2. The molecule has 1 amide bonds. The molecule has 3 N–H and O–H groups in total. The van der Waals surface area contributed by atoms with Crippen molar-refractivity contribution in [2.24, 2.45) is 10.7 Å². The van der Waals surface area contributed by atoms with Crippen LogP contribution < -0.4 is 15.8 Å².